The Morgan fingerprint density at radius 1 is 0.882 bits per heavy atom. The van der Waals surface area contributed by atoms with Crippen LogP contribution in [0.25, 0.3) is 22.1 Å². The third-order valence-corrected chi connectivity index (χ3v) is 5.91. The van der Waals surface area contributed by atoms with Crippen molar-refractivity contribution in [2.24, 2.45) is 0 Å². The van der Waals surface area contributed by atoms with Crippen LogP contribution in [0.4, 0.5) is 0 Å². The van der Waals surface area contributed by atoms with Gasteiger partial charge in [-0.1, -0.05) is 6.92 Å². The highest BCUT2D eigenvalue weighted by Gasteiger charge is 2.20. The number of halogens is 1. The number of rotatable bonds is 7. The Balaban J connectivity index is 1.57. The van der Waals surface area contributed by atoms with Gasteiger partial charge in [-0.25, -0.2) is 4.98 Å². The Kier molecular flexibility index (Phi) is 5.84. The molecule has 0 aliphatic carbocycles. The number of aromatic nitrogens is 6. The largest absolute Gasteiger partial charge is 0.491 e. The molecule has 34 heavy (non-hydrogen) atoms. The Bertz CT molecular complexity index is 1510. The number of nitrogens with zero attached hydrogens (tertiary/aromatic N) is 5. The van der Waals surface area contributed by atoms with E-state index < -0.39 is 0 Å². The quantitative estimate of drug-likeness (QED) is 0.306. The van der Waals surface area contributed by atoms with Gasteiger partial charge in [-0.3, -0.25) is 9.97 Å². The first-order valence-electron chi connectivity index (χ1n) is 10.3. The number of aryl methyl sites for hydroxylation is 1. The predicted octanol–water partition coefficient (Wildman–Crippen LogP) is 5.22. The maximum atomic E-state index is 6.19. The van der Waals surface area contributed by atoms with Crippen molar-refractivity contribution in [2.75, 3.05) is 14.2 Å². The molecule has 1 aromatic carbocycles. The monoisotopic (exact) mass is 522 g/mol. The predicted molar refractivity (Wildman–Crippen MR) is 128 cm³/mol. The van der Waals surface area contributed by atoms with Crippen LogP contribution in [0.1, 0.15) is 12.6 Å². The Morgan fingerprint density at radius 2 is 1.71 bits per heavy atom. The number of aromatic amines is 1. The van der Waals surface area contributed by atoms with Crippen LogP contribution in [-0.2, 0) is 6.42 Å². The highest BCUT2D eigenvalue weighted by molar-refractivity contribution is 9.10. The van der Waals surface area contributed by atoms with Gasteiger partial charge in [0.05, 0.1) is 41.3 Å². The molecule has 0 atom stereocenters. The van der Waals surface area contributed by atoms with Crippen LogP contribution in [0.15, 0.2) is 47.3 Å². The zero-order valence-corrected chi connectivity index (χ0v) is 20.1. The number of nitrogens with one attached hydrogen (secondary N) is 1. The number of fused-ring (bicyclic) bond motifs is 2. The summed E-state index contributed by atoms with van der Waals surface area (Å²) < 4.78 is 23.4. The highest BCUT2D eigenvalue weighted by atomic mass is 79.9. The number of benzene rings is 1. The first-order chi connectivity index (χ1) is 16.6. The van der Waals surface area contributed by atoms with Gasteiger partial charge in [-0.15, -0.1) is 0 Å². The number of H-pyrrole nitrogens is 1. The summed E-state index contributed by atoms with van der Waals surface area (Å²) in [5, 5.41) is 0.703. The van der Waals surface area contributed by atoms with E-state index in [0.717, 1.165) is 22.1 Å². The van der Waals surface area contributed by atoms with Crippen LogP contribution >= 0.6 is 15.9 Å². The van der Waals surface area contributed by atoms with E-state index in [9.17, 15) is 0 Å². The second-order valence-corrected chi connectivity index (χ2v) is 7.89. The average Bonchev–Trinajstić information content (AvgIpc) is 3.19. The number of pyridine rings is 1. The molecule has 0 fully saturated rings. The molecule has 172 valence electrons. The van der Waals surface area contributed by atoms with Gasteiger partial charge in [0, 0.05) is 30.2 Å². The van der Waals surface area contributed by atoms with E-state index in [1.165, 1.54) is 20.4 Å². The van der Waals surface area contributed by atoms with Gasteiger partial charge in [0.15, 0.2) is 11.5 Å². The van der Waals surface area contributed by atoms with Gasteiger partial charge in [0.1, 0.15) is 11.4 Å². The summed E-state index contributed by atoms with van der Waals surface area (Å²) in [4.78, 5) is 25.2. The SMILES string of the molecule is CCc1[nH]c2nc(Oc3cnc(OC)c(OC)c3)nc(Oc3ccc4nccnc4c3)c2c1Br. The van der Waals surface area contributed by atoms with Crippen LogP contribution in [0.5, 0.6) is 35.0 Å². The molecule has 0 unspecified atom stereocenters. The lowest BCUT2D eigenvalue weighted by molar-refractivity contribution is 0.338. The second kappa shape index (κ2) is 9.10. The molecule has 5 aromatic rings. The van der Waals surface area contributed by atoms with Crippen molar-refractivity contribution in [3.8, 4) is 35.0 Å². The van der Waals surface area contributed by atoms with Crippen molar-refractivity contribution in [1.82, 2.24) is 29.9 Å². The molecule has 0 aliphatic rings. The maximum Gasteiger partial charge on any atom is 0.327 e. The van der Waals surface area contributed by atoms with Crippen molar-refractivity contribution >= 4 is 38.0 Å². The first kappa shape index (κ1) is 21.8. The van der Waals surface area contributed by atoms with E-state index >= 15 is 0 Å². The lowest BCUT2D eigenvalue weighted by atomic mass is 10.3. The van der Waals surface area contributed by atoms with Crippen molar-refractivity contribution in [2.45, 2.75) is 13.3 Å². The van der Waals surface area contributed by atoms with E-state index in [0.29, 0.717) is 45.6 Å². The number of ether oxygens (including phenoxy) is 4. The minimum absolute atomic E-state index is 0.0773. The van der Waals surface area contributed by atoms with E-state index in [1.54, 1.807) is 24.5 Å². The number of hydrogen-bond acceptors (Lipinski definition) is 9. The summed E-state index contributed by atoms with van der Waals surface area (Å²) in [5.41, 5.74) is 3.01. The molecule has 0 spiro atoms. The Morgan fingerprint density at radius 3 is 2.47 bits per heavy atom. The fourth-order valence-electron chi connectivity index (χ4n) is 3.41. The van der Waals surface area contributed by atoms with Gasteiger partial charge in [-0.05, 0) is 34.5 Å². The smallest absolute Gasteiger partial charge is 0.327 e. The maximum absolute atomic E-state index is 6.19. The van der Waals surface area contributed by atoms with Gasteiger partial charge in [0.25, 0.3) is 5.88 Å². The Hall–Kier alpha value is -3.99. The summed E-state index contributed by atoms with van der Waals surface area (Å²) >= 11 is 3.65. The summed E-state index contributed by atoms with van der Waals surface area (Å²) in [6.07, 6.45) is 5.54. The third-order valence-electron chi connectivity index (χ3n) is 5.03. The summed E-state index contributed by atoms with van der Waals surface area (Å²) in [6, 6.07) is 7.17. The van der Waals surface area contributed by atoms with Crippen molar-refractivity contribution in [1.29, 1.82) is 0 Å². The highest BCUT2D eigenvalue weighted by Crippen LogP contribution is 2.38. The third kappa shape index (κ3) is 4.05. The van der Waals surface area contributed by atoms with Crippen LogP contribution in [-0.4, -0.2) is 44.1 Å². The van der Waals surface area contributed by atoms with Crippen LogP contribution in [0.2, 0.25) is 0 Å². The molecule has 4 aromatic heterocycles. The molecular formula is C23H19BrN6O4. The first-order valence-corrected chi connectivity index (χ1v) is 11.1. The molecule has 4 heterocycles. The van der Waals surface area contributed by atoms with E-state index in [1.807, 2.05) is 19.1 Å². The average molecular weight is 523 g/mol. The standard InChI is InChI=1S/C23H19BrN6O4/c1-4-14-19(24)18-20(28-14)29-23(34-13-10-17(31-2)21(32-3)27-11-13)30-22(18)33-12-5-6-15-16(9-12)26-8-7-25-15/h5-11H,4H2,1-3H3,(H,28,29,30). The molecule has 0 saturated heterocycles. The van der Waals surface area contributed by atoms with Gasteiger partial charge < -0.3 is 23.9 Å². The minimum Gasteiger partial charge on any atom is -0.491 e. The fraction of sp³-hybridized carbons (Fsp3) is 0.174. The summed E-state index contributed by atoms with van der Waals surface area (Å²) in [5.74, 6) is 2.02. The summed E-state index contributed by atoms with van der Waals surface area (Å²) in [6.45, 7) is 2.04. The van der Waals surface area contributed by atoms with Crippen molar-refractivity contribution < 1.29 is 18.9 Å². The van der Waals surface area contributed by atoms with Crippen LogP contribution in [0.3, 0.4) is 0 Å². The molecule has 0 saturated carbocycles. The van der Waals surface area contributed by atoms with Crippen LogP contribution in [0, 0.1) is 0 Å². The van der Waals surface area contributed by atoms with E-state index in [4.69, 9.17) is 18.9 Å². The minimum atomic E-state index is 0.0773. The molecule has 11 heteroatoms. The van der Waals surface area contributed by atoms with Crippen LogP contribution < -0.4 is 18.9 Å². The lowest BCUT2D eigenvalue weighted by Gasteiger charge is -2.11. The lowest BCUT2D eigenvalue weighted by Crippen LogP contribution is -1.98. The molecule has 5 rings (SSSR count). The number of methoxy groups -OCH3 is 2. The molecule has 0 aliphatic heterocycles. The molecule has 10 nitrogen and oxygen atoms in total. The van der Waals surface area contributed by atoms with E-state index in [2.05, 4.69) is 45.8 Å². The molecule has 1 N–H and O–H groups in total. The van der Waals surface area contributed by atoms with E-state index in [-0.39, 0.29) is 6.01 Å². The van der Waals surface area contributed by atoms with Gasteiger partial charge in [0.2, 0.25) is 5.88 Å². The Labute approximate surface area is 202 Å². The fourth-order valence-corrected chi connectivity index (χ4v) is 4.15. The van der Waals surface area contributed by atoms with Gasteiger partial charge in [-0.2, -0.15) is 9.97 Å². The second-order valence-electron chi connectivity index (χ2n) is 7.10. The topological polar surface area (TPSA) is 117 Å². The zero-order valence-electron chi connectivity index (χ0n) is 18.5. The molecule has 0 bridgehead atoms. The van der Waals surface area contributed by atoms with Crippen molar-refractivity contribution in [3.63, 3.8) is 0 Å². The normalized spacial score (nSPS) is 11.1. The molecular weight excluding hydrogens is 504 g/mol. The summed E-state index contributed by atoms with van der Waals surface area (Å²) in [7, 11) is 3.04. The molecule has 0 radical (unpaired) electrons. The zero-order chi connectivity index (χ0) is 23.7. The van der Waals surface area contributed by atoms with Gasteiger partial charge >= 0.3 is 6.01 Å². The number of hydrogen-bond donors (Lipinski definition) is 1. The molecule has 0 amide bonds. The van der Waals surface area contributed by atoms with Crippen molar-refractivity contribution in [3.05, 3.63) is 53.0 Å².